The third-order valence-corrected chi connectivity index (χ3v) is 2.93. The summed E-state index contributed by atoms with van der Waals surface area (Å²) >= 11 is 0. The fourth-order valence-electron chi connectivity index (χ4n) is 1.70. The molecule has 0 saturated heterocycles. The van der Waals surface area contributed by atoms with E-state index in [4.69, 9.17) is 0 Å². The molecular formula is C25H28Cl3Ti-5. The van der Waals surface area contributed by atoms with Crippen molar-refractivity contribution in [3.05, 3.63) is 122 Å². The average Bonchev–Trinajstić information content (AvgIpc) is 3.55. The van der Waals surface area contributed by atoms with Gasteiger partial charge in [0.05, 0.1) is 0 Å². The van der Waals surface area contributed by atoms with Crippen LogP contribution >= 0.6 is 37.2 Å². The van der Waals surface area contributed by atoms with E-state index in [1.807, 2.05) is 60.8 Å². The molecule has 5 rings (SSSR count). The molecule has 0 amide bonds. The molecule has 0 saturated carbocycles. The Morgan fingerprint density at radius 1 is 0.345 bits per heavy atom. The number of rotatable bonds is 0. The number of hydrogen-bond acceptors (Lipinski definition) is 0. The van der Waals surface area contributed by atoms with Gasteiger partial charge in [-0.3, -0.25) is 30.4 Å². The van der Waals surface area contributed by atoms with Gasteiger partial charge < -0.3 is 0 Å². The molecule has 4 heteroatoms. The topological polar surface area (TPSA) is 0 Å². The van der Waals surface area contributed by atoms with Crippen LogP contribution in [-0.2, 0) is 21.7 Å². The minimum atomic E-state index is 0. The van der Waals surface area contributed by atoms with E-state index in [0.717, 1.165) is 32.1 Å². The fourth-order valence-corrected chi connectivity index (χ4v) is 1.70. The van der Waals surface area contributed by atoms with Crippen LogP contribution in [0.3, 0.4) is 0 Å². The smallest absolute Gasteiger partial charge is 0 e. The van der Waals surface area contributed by atoms with Gasteiger partial charge in [-0.25, -0.2) is 60.8 Å². The third-order valence-electron chi connectivity index (χ3n) is 2.93. The molecular weight excluding hydrogens is 455 g/mol. The van der Waals surface area contributed by atoms with Crippen molar-refractivity contribution in [3.63, 3.8) is 0 Å². The second-order valence-electron chi connectivity index (χ2n) is 5.02. The maximum absolute atomic E-state index is 2.99. The minimum Gasteiger partial charge on any atom is -0.273 e. The van der Waals surface area contributed by atoms with Gasteiger partial charge in [0.2, 0.25) is 0 Å². The number of halogens is 3. The van der Waals surface area contributed by atoms with E-state index in [2.05, 4.69) is 60.8 Å². The van der Waals surface area contributed by atoms with E-state index in [-0.39, 0.29) is 58.9 Å². The van der Waals surface area contributed by atoms with Crippen molar-refractivity contribution in [2.75, 3.05) is 0 Å². The normalized spacial score (nSPS) is 15.2. The van der Waals surface area contributed by atoms with Crippen molar-refractivity contribution >= 4 is 37.2 Å². The molecule has 5 aliphatic carbocycles. The molecule has 0 radical (unpaired) electrons. The molecule has 0 nitrogen and oxygen atoms in total. The summed E-state index contributed by atoms with van der Waals surface area (Å²) in [6, 6.07) is 0. The first-order valence-electron chi connectivity index (χ1n) is 8.59. The molecule has 0 aromatic rings. The van der Waals surface area contributed by atoms with E-state index in [1.54, 1.807) is 0 Å². The zero-order valence-corrected chi connectivity index (χ0v) is 20.4. The Morgan fingerprint density at radius 2 is 0.517 bits per heavy atom. The summed E-state index contributed by atoms with van der Waals surface area (Å²) in [6.07, 6.45) is 50.0. The molecule has 0 fully saturated rings. The number of hydrogen-bond donors (Lipinski definition) is 0. The molecule has 0 atom stereocenters. The summed E-state index contributed by atoms with van der Waals surface area (Å²) < 4.78 is 0. The van der Waals surface area contributed by atoms with Crippen LogP contribution in [0.4, 0.5) is 0 Å². The minimum absolute atomic E-state index is 0. The Morgan fingerprint density at radius 3 is 0.552 bits per heavy atom. The SMILES string of the molecule is Cl.Cl.Cl.[C-]1=CC=CC1.[C-]1=CC=CC1.[C-]1=CC=CC1.[C-]1=CC=CC1.[C-]1=CC=CC1.[Ti]. The zero-order valence-electron chi connectivity index (χ0n) is 16.4. The van der Waals surface area contributed by atoms with E-state index in [0.29, 0.717) is 0 Å². The predicted molar refractivity (Wildman–Crippen MR) is 130 cm³/mol. The van der Waals surface area contributed by atoms with Crippen molar-refractivity contribution in [2.45, 2.75) is 32.1 Å². The predicted octanol–water partition coefficient (Wildman–Crippen LogP) is 7.79. The van der Waals surface area contributed by atoms with E-state index >= 15 is 0 Å². The van der Waals surface area contributed by atoms with Gasteiger partial charge in [0, 0.05) is 21.7 Å². The van der Waals surface area contributed by atoms with Crippen LogP contribution in [0.25, 0.3) is 0 Å². The van der Waals surface area contributed by atoms with E-state index in [9.17, 15) is 0 Å². The Balaban J connectivity index is -0.000000130. The molecule has 158 valence electrons. The van der Waals surface area contributed by atoms with Crippen LogP contribution in [0.15, 0.2) is 91.1 Å². The van der Waals surface area contributed by atoms with Gasteiger partial charge in [0.1, 0.15) is 0 Å². The average molecular weight is 483 g/mol. The zero-order chi connectivity index (χ0) is 17.7. The van der Waals surface area contributed by atoms with Crippen LogP contribution in [-0.4, -0.2) is 0 Å². The molecule has 0 bridgehead atoms. The van der Waals surface area contributed by atoms with Crippen molar-refractivity contribution in [2.24, 2.45) is 0 Å². The van der Waals surface area contributed by atoms with E-state index in [1.165, 1.54) is 0 Å². The second kappa shape index (κ2) is 31.7. The van der Waals surface area contributed by atoms with Gasteiger partial charge >= 0.3 is 0 Å². The van der Waals surface area contributed by atoms with Crippen LogP contribution < -0.4 is 0 Å². The molecule has 29 heavy (non-hydrogen) atoms. The van der Waals surface area contributed by atoms with Crippen molar-refractivity contribution < 1.29 is 21.7 Å². The van der Waals surface area contributed by atoms with Gasteiger partial charge in [-0.1, -0.05) is 0 Å². The van der Waals surface area contributed by atoms with Gasteiger partial charge in [0.25, 0.3) is 0 Å². The number of allylic oxidation sites excluding steroid dienone is 20. The van der Waals surface area contributed by atoms with Crippen molar-refractivity contribution in [3.8, 4) is 0 Å². The Kier molecular flexibility index (Phi) is 38.7. The molecule has 0 aromatic heterocycles. The van der Waals surface area contributed by atoms with Crippen molar-refractivity contribution in [1.82, 2.24) is 0 Å². The summed E-state index contributed by atoms with van der Waals surface area (Å²) in [5.41, 5.74) is 0. The van der Waals surface area contributed by atoms with Gasteiger partial charge in [-0.2, -0.15) is 30.4 Å². The van der Waals surface area contributed by atoms with Crippen molar-refractivity contribution in [1.29, 1.82) is 0 Å². The van der Waals surface area contributed by atoms with Gasteiger partial charge in [0.15, 0.2) is 0 Å². The molecule has 0 aromatic carbocycles. The van der Waals surface area contributed by atoms with E-state index < -0.39 is 0 Å². The van der Waals surface area contributed by atoms with Crippen LogP contribution in [0.1, 0.15) is 32.1 Å². The molecule has 0 unspecified atom stereocenters. The standard InChI is InChI=1S/5C5H5.3ClH.Ti/c5*1-2-4-5-3-1;;;;/h5*1-3H,4H2;3*1H;/q5*-1;;;;. The first-order valence-corrected chi connectivity index (χ1v) is 8.59. The Bertz CT molecular complexity index is 438. The second-order valence-corrected chi connectivity index (χ2v) is 5.02. The molecule has 0 N–H and O–H groups in total. The summed E-state index contributed by atoms with van der Waals surface area (Å²) in [4.78, 5) is 0. The van der Waals surface area contributed by atoms with Crippen LogP contribution in [0, 0.1) is 30.4 Å². The summed E-state index contributed by atoms with van der Waals surface area (Å²) in [7, 11) is 0. The molecule has 0 spiro atoms. The maximum atomic E-state index is 2.99. The maximum Gasteiger partial charge on any atom is 0 e. The molecule has 5 aliphatic rings. The largest absolute Gasteiger partial charge is 0.273 e. The summed E-state index contributed by atoms with van der Waals surface area (Å²) in [6.45, 7) is 0. The van der Waals surface area contributed by atoms with Crippen LogP contribution in [0.2, 0.25) is 0 Å². The molecule has 0 heterocycles. The fraction of sp³-hybridized carbons (Fsp3) is 0.200. The summed E-state index contributed by atoms with van der Waals surface area (Å²) in [5.74, 6) is 0. The first kappa shape index (κ1) is 35.4. The van der Waals surface area contributed by atoms with Gasteiger partial charge in [-0.15, -0.1) is 69.3 Å². The Hall–Kier alpha value is -1.02. The van der Waals surface area contributed by atoms with Crippen LogP contribution in [0.5, 0.6) is 0 Å². The van der Waals surface area contributed by atoms with Gasteiger partial charge in [-0.05, 0) is 0 Å². The quantitative estimate of drug-likeness (QED) is 0.244. The Labute approximate surface area is 211 Å². The summed E-state index contributed by atoms with van der Waals surface area (Å²) in [5, 5.41) is 0. The monoisotopic (exact) mass is 481 g/mol. The first-order chi connectivity index (χ1) is 12.5. The molecule has 0 aliphatic heterocycles. The third kappa shape index (κ3) is 29.3.